The fourth-order valence-corrected chi connectivity index (χ4v) is 3.67. The van der Waals surface area contributed by atoms with Crippen LogP contribution in [0.15, 0.2) is 42.5 Å². The van der Waals surface area contributed by atoms with Gasteiger partial charge in [-0.25, -0.2) is 0 Å². The topological polar surface area (TPSA) is 27.7 Å². The van der Waals surface area contributed by atoms with Crippen molar-refractivity contribution in [2.24, 2.45) is 0 Å². The number of methoxy groups -OCH3 is 1. The molecule has 0 bridgehead atoms. The third-order valence-electron chi connectivity index (χ3n) is 4.39. The van der Waals surface area contributed by atoms with E-state index in [4.69, 9.17) is 40.2 Å². The van der Waals surface area contributed by atoms with Gasteiger partial charge in [-0.1, -0.05) is 35.3 Å². The molecule has 0 saturated carbocycles. The second-order valence-corrected chi connectivity index (χ2v) is 7.39. The summed E-state index contributed by atoms with van der Waals surface area (Å²) in [5.41, 5.74) is 2.03. The van der Waals surface area contributed by atoms with Crippen LogP contribution in [-0.4, -0.2) is 48.2 Å². The third kappa shape index (κ3) is 5.01. The second kappa shape index (κ2) is 8.91. The van der Waals surface area contributed by atoms with Gasteiger partial charge in [-0.05, 0) is 42.0 Å². The maximum absolute atomic E-state index is 6.28. The lowest BCUT2D eigenvalue weighted by Crippen LogP contribution is -2.49. The van der Waals surface area contributed by atoms with E-state index < -0.39 is 0 Å². The first kappa shape index (κ1) is 19.2. The lowest BCUT2D eigenvalue weighted by atomic mass is 10.2. The zero-order valence-corrected chi connectivity index (χ0v) is 16.9. The van der Waals surface area contributed by atoms with E-state index in [1.807, 2.05) is 36.4 Å². The Bertz CT molecular complexity index is 779. The van der Waals surface area contributed by atoms with Crippen molar-refractivity contribution in [1.82, 2.24) is 9.80 Å². The van der Waals surface area contributed by atoms with Crippen LogP contribution in [0.3, 0.4) is 0 Å². The average Bonchev–Trinajstić information content (AvgIpc) is 2.64. The molecule has 0 unspecified atom stereocenters. The van der Waals surface area contributed by atoms with Gasteiger partial charge in [0, 0.05) is 54.5 Å². The number of nitrogens with zero attached hydrogens (tertiary/aromatic N) is 2. The van der Waals surface area contributed by atoms with Crippen LogP contribution in [-0.2, 0) is 6.54 Å². The monoisotopic (exact) mass is 409 g/mol. The van der Waals surface area contributed by atoms with Gasteiger partial charge in [-0.3, -0.25) is 4.90 Å². The first-order valence-corrected chi connectivity index (χ1v) is 9.58. The zero-order valence-electron chi connectivity index (χ0n) is 14.5. The molecule has 26 heavy (non-hydrogen) atoms. The number of benzene rings is 2. The van der Waals surface area contributed by atoms with E-state index >= 15 is 0 Å². The Morgan fingerprint density at radius 2 is 1.88 bits per heavy atom. The van der Waals surface area contributed by atoms with E-state index in [1.54, 1.807) is 13.2 Å². The van der Waals surface area contributed by atoms with Gasteiger partial charge in [0.05, 0.1) is 7.11 Å². The lowest BCUT2D eigenvalue weighted by molar-refractivity contribution is 0.177. The largest absolute Gasteiger partial charge is 0.497 e. The van der Waals surface area contributed by atoms with Crippen LogP contribution in [0.5, 0.6) is 5.75 Å². The van der Waals surface area contributed by atoms with Crippen LogP contribution in [0.2, 0.25) is 10.0 Å². The quantitative estimate of drug-likeness (QED) is 0.749. The van der Waals surface area contributed by atoms with Crippen molar-refractivity contribution >= 4 is 46.2 Å². The molecular weight excluding hydrogens is 389 g/mol. The van der Waals surface area contributed by atoms with Gasteiger partial charge in [-0.2, -0.15) is 0 Å². The molecule has 0 radical (unpaired) electrons. The Morgan fingerprint density at radius 1 is 1.12 bits per heavy atom. The summed E-state index contributed by atoms with van der Waals surface area (Å²) >= 11 is 17.8. The van der Waals surface area contributed by atoms with Crippen LogP contribution < -0.4 is 10.1 Å². The molecule has 1 heterocycles. The van der Waals surface area contributed by atoms with Crippen LogP contribution >= 0.6 is 35.4 Å². The summed E-state index contributed by atoms with van der Waals surface area (Å²) in [4.78, 5) is 4.56. The molecule has 4 nitrogen and oxygen atoms in total. The summed E-state index contributed by atoms with van der Waals surface area (Å²) in [5, 5.41) is 5.41. The average molecular weight is 410 g/mol. The molecule has 0 spiro atoms. The van der Waals surface area contributed by atoms with E-state index in [2.05, 4.69) is 15.1 Å². The van der Waals surface area contributed by atoms with Gasteiger partial charge in [0.25, 0.3) is 0 Å². The molecule has 0 aromatic heterocycles. The summed E-state index contributed by atoms with van der Waals surface area (Å²) in [6.45, 7) is 4.43. The minimum Gasteiger partial charge on any atom is -0.497 e. The van der Waals surface area contributed by atoms with Crippen molar-refractivity contribution < 1.29 is 4.74 Å². The summed E-state index contributed by atoms with van der Waals surface area (Å²) < 4.78 is 5.25. The van der Waals surface area contributed by atoms with E-state index in [1.165, 1.54) is 0 Å². The van der Waals surface area contributed by atoms with Gasteiger partial charge in [-0.15, -0.1) is 0 Å². The van der Waals surface area contributed by atoms with Crippen molar-refractivity contribution in [1.29, 1.82) is 0 Å². The van der Waals surface area contributed by atoms with E-state index in [0.717, 1.165) is 59.9 Å². The SMILES string of the molecule is COc1cccc(NC(=S)N2CCN(Cc3ccc(Cl)cc3Cl)CC2)c1. The van der Waals surface area contributed by atoms with Crippen LogP contribution in [0.1, 0.15) is 5.56 Å². The summed E-state index contributed by atoms with van der Waals surface area (Å²) in [7, 11) is 1.66. The normalized spacial score (nSPS) is 15.0. The maximum Gasteiger partial charge on any atom is 0.173 e. The number of halogens is 2. The number of thiocarbonyl (C=S) groups is 1. The Balaban J connectivity index is 1.52. The Hall–Kier alpha value is -1.53. The summed E-state index contributed by atoms with van der Waals surface area (Å²) in [6.07, 6.45) is 0. The van der Waals surface area contributed by atoms with E-state index in [9.17, 15) is 0 Å². The highest BCUT2D eigenvalue weighted by molar-refractivity contribution is 7.80. The molecular formula is C19H21Cl2N3OS. The first-order chi connectivity index (χ1) is 12.5. The molecule has 7 heteroatoms. The number of nitrogens with one attached hydrogen (secondary N) is 1. The number of piperazine rings is 1. The highest BCUT2D eigenvalue weighted by Crippen LogP contribution is 2.23. The second-order valence-electron chi connectivity index (χ2n) is 6.16. The van der Waals surface area contributed by atoms with Crippen molar-refractivity contribution in [3.63, 3.8) is 0 Å². The van der Waals surface area contributed by atoms with Crippen LogP contribution in [0.4, 0.5) is 5.69 Å². The number of hydrogen-bond acceptors (Lipinski definition) is 3. The molecule has 3 rings (SSSR count). The van der Waals surface area contributed by atoms with Crippen molar-refractivity contribution in [3.8, 4) is 5.75 Å². The molecule has 1 aliphatic heterocycles. The molecule has 0 amide bonds. The fourth-order valence-electron chi connectivity index (χ4n) is 2.90. The summed E-state index contributed by atoms with van der Waals surface area (Å²) in [6, 6.07) is 13.4. The Labute approximate surface area is 169 Å². The molecule has 0 aliphatic carbocycles. The summed E-state index contributed by atoms with van der Waals surface area (Å²) in [5.74, 6) is 0.808. The smallest absolute Gasteiger partial charge is 0.173 e. The molecule has 2 aromatic rings. The molecule has 1 aliphatic rings. The Kier molecular flexibility index (Phi) is 6.59. The third-order valence-corrected chi connectivity index (χ3v) is 5.34. The predicted molar refractivity (Wildman–Crippen MR) is 113 cm³/mol. The van der Waals surface area contributed by atoms with E-state index in [0.29, 0.717) is 5.02 Å². The number of anilines is 1. The number of hydrogen-bond donors (Lipinski definition) is 1. The number of rotatable bonds is 4. The maximum atomic E-state index is 6.28. The standard InChI is InChI=1S/C19H21Cl2N3OS/c1-25-17-4-2-3-16(12-17)22-19(26)24-9-7-23(8-10-24)13-14-5-6-15(20)11-18(14)21/h2-6,11-12H,7-10,13H2,1H3,(H,22,26). The van der Waals surface area contributed by atoms with Gasteiger partial charge < -0.3 is 15.0 Å². The van der Waals surface area contributed by atoms with Crippen molar-refractivity contribution in [3.05, 3.63) is 58.1 Å². The molecule has 1 fully saturated rings. The zero-order chi connectivity index (χ0) is 18.5. The van der Waals surface area contributed by atoms with Gasteiger partial charge in [0.1, 0.15) is 5.75 Å². The van der Waals surface area contributed by atoms with Crippen molar-refractivity contribution in [2.45, 2.75) is 6.54 Å². The lowest BCUT2D eigenvalue weighted by Gasteiger charge is -2.36. The fraction of sp³-hybridized carbons (Fsp3) is 0.316. The van der Waals surface area contributed by atoms with Crippen LogP contribution in [0.25, 0.3) is 0 Å². The van der Waals surface area contributed by atoms with E-state index in [-0.39, 0.29) is 0 Å². The van der Waals surface area contributed by atoms with Gasteiger partial charge in [0.2, 0.25) is 0 Å². The van der Waals surface area contributed by atoms with Gasteiger partial charge in [0.15, 0.2) is 5.11 Å². The molecule has 0 atom stereocenters. The van der Waals surface area contributed by atoms with Crippen molar-refractivity contribution in [2.75, 3.05) is 38.6 Å². The number of ether oxygens (including phenoxy) is 1. The first-order valence-electron chi connectivity index (χ1n) is 8.41. The minimum atomic E-state index is 0.664. The molecule has 1 saturated heterocycles. The molecule has 1 N–H and O–H groups in total. The predicted octanol–water partition coefficient (Wildman–Crippen LogP) is 4.52. The molecule has 138 valence electrons. The minimum absolute atomic E-state index is 0.664. The highest BCUT2D eigenvalue weighted by atomic mass is 35.5. The molecule has 2 aromatic carbocycles. The van der Waals surface area contributed by atoms with Crippen LogP contribution in [0, 0.1) is 0 Å². The van der Waals surface area contributed by atoms with Gasteiger partial charge >= 0.3 is 0 Å². The Morgan fingerprint density at radius 3 is 2.58 bits per heavy atom. The highest BCUT2D eigenvalue weighted by Gasteiger charge is 2.19.